The molecule has 3 aromatic rings. The van der Waals surface area contributed by atoms with E-state index in [1.165, 1.54) is 0 Å². The van der Waals surface area contributed by atoms with Gasteiger partial charge in [0.1, 0.15) is 0 Å². The molecule has 2 aliphatic carbocycles. The van der Waals surface area contributed by atoms with Crippen molar-refractivity contribution in [3.05, 3.63) is 70.8 Å². The Labute approximate surface area is 227 Å². The van der Waals surface area contributed by atoms with Crippen molar-refractivity contribution in [2.24, 2.45) is 0 Å². The topological polar surface area (TPSA) is 96.1 Å². The third kappa shape index (κ3) is 4.94. The molecule has 9 heteroatoms. The number of halogens is 1. The van der Waals surface area contributed by atoms with Gasteiger partial charge < -0.3 is 10.1 Å². The van der Waals surface area contributed by atoms with Crippen LogP contribution in [0.4, 0.5) is 5.69 Å². The molecular weight excluding hydrogens is 500 g/mol. The van der Waals surface area contributed by atoms with E-state index in [9.17, 15) is 10.1 Å². The molecule has 1 saturated heterocycles. The Morgan fingerprint density at radius 3 is 2.42 bits per heavy atom. The molecule has 1 amide bonds. The van der Waals surface area contributed by atoms with E-state index < -0.39 is 5.41 Å². The van der Waals surface area contributed by atoms with Crippen LogP contribution in [0.1, 0.15) is 66.2 Å². The first kappa shape index (κ1) is 25.1. The predicted octanol–water partition coefficient (Wildman–Crippen LogP) is 5.09. The minimum absolute atomic E-state index is 0.206. The number of aromatic nitrogens is 3. The molecule has 2 saturated carbocycles. The number of pyridine rings is 1. The molecule has 0 spiro atoms. The fourth-order valence-electron chi connectivity index (χ4n) is 5.85. The molecule has 0 bridgehead atoms. The summed E-state index contributed by atoms with van der Waals surface area (Å²) >= 11 is 6.05. The van der Waals surface area contributed by atoms with Crippen molar-refractivity contribution in [2.75, 3.05) is 31.6 Å². The molecule has 2 aromatic heterocycles. The van der Waals surface area contributed by atoms with Gasteiger partial charge in [0, 0.05) is 30.1 Å². The van der Waals surface area contributed by atoms with Crippen molar-refractivity contribution in [2.45, 2.75) is 55.9 Å². The Kier molecular flexibility index (Phi) is 6.91. The second-order valence-corrected chi connectivity index (χ2v) is 11.0. The summed E-state index contributed by atoms with van der Waals surface area (Å²) in [5.74, 6) is 0.111. The van der Waals surface area contributed by atoms with Crippen molar-refractivity contribution in [1.82, 2.24) is 19.7 Å². The van der Waals surface area contributed by atoms with E-state index in [-0.39, 0.29) is 5.91 Å². The number of hydrogen-bond donors (Lipinski definition) is 1. The predicted molar refractivity (Wildman–Crippen MR) is 145 cm³/mol. The lowest BCUT2D eigenvalue weighted by Crippen LogP contribution is -2.47. The minimum Gasteiger partial charge on any atom is -0.379 e. The summed E-state index contributed by atoms with van der Waals surface area (Å²) in [5.41, 5.74) is 3.19. The zero-order valence-electron chi connectivity index (χ0n) is 21.3. The Balaban J connectivity index is 1.15. The smallest absolute Gasteiger partial charge is 0.259 e. The van der Waals surface area contributed by atoms with E-state index >= 15 is 0 Å². The van der Waals surface area contributed by atoms with Crippen LogP contribution in [0, 0.1) is 11.3 Å². The molecule has 0 radical (unpaired) electrons. The van der Waals surface area contributed by atoms with Crippen LogP contribution in [-0.2, 0) is 10.2 Å². The van der Waals surface area contributed by atoms with Crippen molar-refractivity contribution >= 4 is 23.2 Å². The van der Waals surface area contributed by atoms with Crippen LogP contribution in [-0.4, -0.2) is 57.9 Å². The lowest BCUT2D eigenvalue weighted by atomic mass is 9.71. The summed E-state index contributed by atoms with van der Waals surface area (Å²) in [5, 5.41) is 18.3. The van der Waals surface area contributed by atoms with Crippen LogP contribution < -0.4 is 5.32 Å². The zero-order valence-corrected chi connectivity index (χ0v) is 22.0. The second-order valence-electron chi connectivity index (χ2n) is 10.6. The third-order valence-electron chi connectivity index (χ3n) is 8.18. The number of anilines is 1. The van der Waals surface area contributed by atoms with Crippen molar-refractivity contribution in [3.63, 3.8) is 0 Å². The van der Waals surface area contributed by atoms with Crippen molar-refractivity contribution in [3.8, 4) is 11.8 Å². The van der Waals surface area contributed by atoms with Gasteiger partial charge >= 0.3 is 0 Å². The van der Waals surface area contributed by atoms with Gasteiger partial charge in [0.2, 0.25) is 0 Å². The van der Waals surface area contributed by atoms with Crippen LogP contribution >= 0.6 is 11.6 Å². The average Bonchev–Trinajstić information content (AvgIpc) is 3.71. The van der Waals surface area contributed by atoms with E-state index in [1.807, 2.05) is 41.1 Å². The summed E-state index contributed by atoms with van der Waals surface area (Å²) in [4.78, 5) is 20.4. The molecule has 1 aliphatic heterocycles. The van der Waals surface area contributed by atoms with Gasteiger partial charge in [-0.05, 0) is 74.9 Å². The summed E-state index contributed by atoms with van der Waals surface area (Å²) in [7, 11) is 0. The van der Waals surface area contributed by atoms with E-state index in [2.05, 4.69) is 26.4 Å². The molecule has 3 fully saturated rings. The molecule has 3 heterocycles. The van der Waals surface area contributed by atoms with Gasteiger partial charge in [-0.1, -0.05) is 11.6 Å². The van der Waals surface area contributed by atoms with Gasteiger partial charge in [0.05, 0.1) is 65.4 Å². The number of hydrogen-bond acceptors (Lipinski definition) is 6. The minimum atomic E-state index is -0.579. The van der Waals surface area contributed by atoms with Gasteiger partial charge in [-0.25, -0.2) is 4.68 Å². The Morgan fingerprint density at radius 2 is 1.79 bits per heavy atom. The van der Waals surface area contributed by atoms with Gasteiger partial charge in [-0.15, -0.1) is 0 Å². The average molecular weight is 531 g/mol. The summed E-state index contributed by atoms with van der Waals surface area (Å²) in [6.45, 7) is 3.52. The lowest BCUT2D eigenvalue weighted by molar-refractivity contribution is 0.00493. The first-order valence-electron chi connectivity index (χ1n) is 13.4. The van der Waals surface area contributed by atoms with Gasteiger partial charge in [-0.3, -0.25) is 14.7 Å². The molecule has 1 N–H and O–H groups in total. The molecule has 8 nitrogen and oxygen atoms in total. The number of carbonyl (C=O) groups excluding carboxylic acids is 1. The Hall–Kier alpha value is -3.25. The number of morpholine rings is 1. The van der Waals surface area contributed by atoms with E-state index in [0.717, 1.165) is 81.9 Å². The van der Waals surface area contributed by atoms with Crippen LogP contribution in [0.2, 0.25) is 5.02 Å². The van der Waals surface area contributed by atoms with Crippen LogP contribution in [0.15, 0.2) is 48.8 Å². The van der Waals surface area contributed by atoms with Crippen LogP contribution in [0.25, 0.3) is 5.69 Å². The highest BCUT2D eigenvalue weighted by Gasteiger charge is 2.40. The molecule has 3 aliphatic rings. The number of carbonyl (C=O) groups is 1. The number of ether oxygens (including phenoxy) is 1. The number of rotatable bonds is 6. The maximum Gasteiger partial charge on any atom is 0.259 e. The van der Waals surface area contributed by atoms with Gasteiger partial charge in [0.25, 0.3) is 5.91 Å². The number of nitrogens with one attached hydrogen (secondary N) is 1. The molecule has 196 valence electrons. The first-order chi connectivity index (χ1) is 18.6. The summed E-state index contributed by atoms with van der Waals surface area (Å²) < 4.78 is 7.33. The molecular formula is C29H31ClN6O2. The normalized spacial score (nSPS) is 24.1. The highest BCUT2D eigenvalue weighted by molar-refractivity contribution is 6.30. The number of benzene rings is 1. The Morgan fingerprint density at radius 1 is 1.05 bits per heavy atom. The number of amides is 1. The standard InChI is InChI=1S/C29H31ClN6O2/c30-21-3-6-24(7-4-21)36-27(20-1-2-20)25(18-33-36)28(37)34-22-5-8-26(32-17-22)29(19-31)11-9-23(10-12-29)35-13-15-38-16-14-35/h3-8,17-18,20,23H,1-2,9-16H2,(H,34,37)/t23-,29-. The van der Waals surface area contributed by atoms with Gasteiger partial charge in [0.15, 0.2) is 0 Å². The van der Waals surface area contributed by atoms with Crippen LogP contribution in [0.3, 0.4) is 0 Å². The van der Waals surface area contributed by atoms with E-state index in [0.29, 0.717) is 28.2 Å². The quantitative estimate of drug-likeness (QED) is 0.477. The number of nitrogens with zero attached hydrogens (tertiary/aromatic N) is 5. The Bertz CT molecular complexity index is 1330. The molecule has 0 atom stereocenters. The molecule has 6 rings (SSSR count). The first-order valence-corrected chi connectivity index (χ1v) is 13.8. The highest BCUT2D eigenvalue weighted by atomic mass is 35.5. The molecule has 0 unspecified atom stereocenters. The number of nitriles is 1. The summed E-state index contributed by atoms with van der Waals surface area (Å²) in [6.07, 6.45) is 8.93. The maximum absolute atomic E-state index is 13.3. The van der Waals surface area contributed by atoms with Crippen molar-refractivity contribution < 1.29 is 9.53 Å². The summed E-state index contributed by atoms with van der Waals surface area (Å²) in [6, 6.07) is 14.3. The molecule has 1 aromatic carbocycles. The fourth-order valence-corrected chi connectivity index (χ4v) is 5.97. The highest BCUT2D eigenvalue weighted by Crippen LogP contribution is 2.43. The SMILES string of the molecule is N#C[C@]1(c2ccc(NC(=O)c3cnn(-c4ccc(Cl)cc4)c3C3CC3)cn2)CC[C@H](N2CCOCC2)CC1. The van der Waals surface area contributed by atoms with Gasteiger partial charge in [-0.2, -0.15) is 10.4 Å². The third-order valence-corrected chi connectivity index (χ3v) is 8.43. The van der Waals surface area contributed by atoms with E-state index in [4.69, 9.17) is 16.3 Å². The van der Waals surface area contributed by atoms with Crippen molar-refractivity contribution in [1.29, 1.82) is 5.26 Å². The monoisotopic (exact) mass is 530 g/mol. The van der Waals surface area contributed by atoms with Crippen LogP contribution in [0.5, 0.6) is 0 Å². The maximum atomic E-state index is 13.3. The zero-order chi connectivity index (χ0) is 26.1. The fraction of sp³-hybridized carbons (Fsp3) is 0.448. The lowest BCUT2D eigenvalue weighted by Gasteiger charge is -2.41. The largest absolute Gasteiger partial charge is 0.379 e. The van der Waals surface area contributed by atoms with E-state index in [1.54, 1.807) is 12.4 Å². The molecule has 38 heavy (non-hydrogen) atoms. The second kappa shape index (κ2) is 10.5.